The van der Waals surface area contributed by atoms with Crippen LogP contribution in [0.15, 0.2) is 6.20 Å². The normalized spacial score (nSPS) is 10.9. The summed E-state index contributed by atoms with van der Waals surface area (Å²) >= 11 is 3.78. The first-order valence-corrected chi connectivity index (χ1v) is 8.71. The molecule has 1 aromatic rings. The molecule has 0 spiro atoms. The third-order valence-electron chi connectivity index (χ3n) is 2.66. The molecule has 0 saturated heterocycles. The predicted octanol–water partition coefficient (Wildman–Crippen LogP) is 3.72. The number of nitrogens with zero attached hydrogens (tertiary/aromatic N) is 1. The molecule has 1 aromatic heterocycles. The van der Waals surface area contributed by atoms with Crippen molar-refractivity contribution in [2.24, 2.45) is 0 Å². The predicted molar refractivity (Wildman–Crippen MR) is 80.0 cm³/mol. The van der Waals surface area contributed by atoms with E-state index in [1.54, 1.807) is 0 Å². The van der Waals surface area contributed by atoms with Crippen LogP contribution in [0.3, 0.4) is 0 Å². The number of rotatable bonds is 10. The molecule has 0 fully saturated rings. The lowest BCUT2D eigenvalue weighted by atomic mass is 10.2. The highest BCUT2D eigenvalue weighted by Crippen LogP contribution is 2.12. The van der Waals surface area contributed by atoms with Crippen molar-refractivity contribution < 1.29 is 0 Å². The van der Waals surface area contributed by atoms with Crippen LogP contribution in [0, 0.1) is 0 Å². The van der Waals surface area contributed by atoms with E-state index in [1.165, 1.54) is 41.3 Å². The molecule has 0 radical (unpaired) electrons. The summed E-state index contributed by atoms with van der Waals surface area (Å²) < 4.78 is 0. The summed E-state index contributed by atoms with van der Waals surface area (Å²) in [6.45, 7) is 4.28. The van der Waals surface area contributed by atoms with Gasteiger partial charge in [-0.2, -0.15) is 11.8 Å². The molecule has 98 valence electrons. The van der Waals surface area contributed by atoms with Crippen LogP contribution in [0.1, 0.15) is 42.5 Å². The summed E-state index contributed by atoms with van der Waals surface area (Å²) in [5.41, 5.74) is 0. The van der Waals surface area contributed by atoms with Gasteiger partial charge < -0.3 is 5.32 Å². The van der Waals surface area contributed by atoms with Gasteiger partial charge in [-0.25, -0.2) is 4.98 Å². The van der Waals surface area contributed by atoms with Gasteiger partial charge in [0.15, 0.2) is 0 Å². The van der Waals surface area contributed by atoms with Crippen molar-refractivity contribution in [2.45, 2.75) is 45.6 Å². The molecule has 0 atom stereocenters. The van der Waals surface area contributed by atoms with Gasteiger partial charge in [0.2, 0.25) is 0 Å². The lowest BCUT2D eigenvalue weighted by Gasteiger charge is -2.02. The van der Waals surface area contributed by atoms with Crippen LogP contribution in [-0.2, 0) is 13.0 Å². The molecule has 0 aliphatic heterocycles. The number of hydrogen-bond acceptors (Lipinski definition) is 4. The van der Waals surface area contributed by atoms with E-state index in [-0.39, 0.29) is 0 Å². The Balaban J connectivity index is 1.93. The Bertz CT molecular complexity index is 287. The van der Waals surface area contributed by atoms with Gasteiger partial charge in [0.05, 0.1) is 5.01 Å². The average molecular weight is 272 g/mol. The van der Waals surface area contributed by atoms with Gasteiger partial charge in [-0.05, 0) is 37.8 Å². The average Bonchev–Trinajstić information content (AvgIpc) is 2.80. The Morgan fingerprint density at radius 1 is 1.29 bits per heavy atom. The zero-order valence-electron chi connectivity index (χ0n) is 11.0. The van der Waals surface area contributed by atoms with Crippen molar-refractivity contribution in [3.05, 3.63) is 16.1 Å². The van der Waals surface area contributed by atoms with Crippen LogP contribution in [0.5, 0.6) is 0 Å². The molecule has 0 aliphatic rings. The van der Waals surface area contributed by atoms with Crippen LogP contribution in [-0.4, -0.2) is 23.5 Å². The number of aryl methyl sites for hydroxylation is 1. The van der Waals surface area contributed by atoms with Crippen molar-refractivity contribution >= 4 is 23.1 Å². The van der Waals surface area contributed by atoms with E-state index in [0.717, 1.165) is 19.5 Å². The van der Waals surface area contributed by atoms with Crippen LogP contribution in [0.4, 0.5) is 0 Å². The van der Waals surface area contributed by atoms with Gasteiger partial charge in [0.25, 0.3) is 0 Å². The monoisotopic (exact) mass is 272 g/mol. The lowest BCUT2D eigenvalue weighted by molar-refractivity contribution is 0.602. The van der Waals surface area contributed by atoms with Crippen LogP contribution in [0.2, 0.25) is 0 Å². The standard InChI is InChI=1S/C13H24N2S2/c1-3-13-15-11-12(17-13)10-14-8-6-4-5-7-9-16-2/h11,14H,3-10H2,1-2H3. The highest BCUT2D eigenvalue weighted by Gasteiger charge is 1.99. The maximum Gasteiger partial charge on any atom is 0.0925 e. The number of thiazole rings is 1. The minimum absolute atomic E-state index is 0.989. The van der Waals surface area contributed by atoms with Crippen molar-refractivity contribution in [3.8, 4) is 0 Å². The Labute approximate surface area is 114 Å². The molecule has 1 N–H and O–H groups in total. The molecule has 4 heteroatoms. The summed E-state index contributed by atoms with van der Waals surface area (Å²) in [4.78, 5) is 5.72. The van der Waals surface area contributed by atoms with Crippen molar-refractivity contribution in [1.29, 1.82) is 0 Å². The summed E-state index contributed by atoms with van der Waals surface area (Å²) in [5, 5.41) is 4.74. The van der Waals surface area contributed by atoms with Gasteiger partial charge in [0, 0.05) is 17.6 Å². The molecule has 2 nitrogen and oxygen atoms in total. The minimum Gasteiger partial charge on any atom is -0.312 e. The Hall–Kier alpha value is -0.0600. The largest absolute Gasteiger partial charge is 0.312 e. The number of nitrogens with one attached hydrogen (secondary N) is 1. The smallest absolute Gasteiger partial charge is 0.0925 e. The first-order chi connectivity index (χ1) is 8.36. The van der Waals surface area contributed by atoms with E-state index in [4.69, 9.17) is 0 Å². The summed E-state index contributed by atoms with van der Waals surface area (Å²) in [7, 11) is 0. The molecule has 1 rings (SSSR count). The first-order valence-electron chi connectivity index (χ1n) is 6.50. The van der Waals surface area contributed by atoms with Gasteiger partial charge >= 0.3 is 0 Å². The molecular formula is C13H24N2S2. The van der Waals surface area contributed by atoms with E-state index in [0.29, 0.717) is 0 Å². The zero-order valence-corrected chi connectivity index (χ0v) is 12.6. The molecule has 0 amide bonds. The molecule has 0 aliphatic carbocycles. The second-order valence-electron chi connectivity index (χ2n) is 4.16. The fourth-order valence-electron chi connectivity index (χ4n) is 1.65. The quantitative estimate of drug-likeness (QED) is 0.657. The van der Waals surface area contributed by atoms with E-state index in [2.05, 4.69) is 23.5 Å². The van der Waals surface area contributed by atoms with Gasteiger partial charge in [-0.3, -0.25) is 0 Å². The second-order valence-corrected chi connectivity index (χ2v) is 6.34. The first kappa shape index (κ1) is 15.0. The molecule has 0 aromatic carbocycles. The molecule has 0 saturated carbocycles. The molecule has 1 heterocycles. The fraction of sp³-hybridized carbons (Fsp3) is 0.769. The number of unbranched alkanes of at least 4 members (excludes halogenated alkanes) is 3. The Morgan fingerprint density at radius 3 is 2.82 bits per heavy atom. The van der Waals surface area contributed by atoms with E-state index >= 15 is 0 Å². The fourth-order valence-corrected chi connectivity index (χ4v) is 2.98. The lowest BCUT2D eigenvalue weighted by Crippen LogP contribution is -2.13. The van der Waals surface area contributed by atoms with Gasteiger partial charge in [0.1, 0.15) is 0 Å². The van der Waals surface area contributed by atoms with Crippen LogP contribution in [0.25, 0.3) is 0 Å². The summed E-state index contributed by atoms with van der Waals surface area (Å²) in [5.74, 6) is 1.31. The van der Waals surface area contributed by atoms with Crippen molar-refractivity contribution in [3.63, 3.8) is 0 Å². The third-order valence-corrected chi connectivity index (χ3v) is 4.49. The molecular weight excluding hydrogens is 248 g/mol. The van der Waals surface area contributed by atoms with Crippen LogP contribution >= 0.6 is 23.1 Å². The number of hydrogen-bond donors (Lipinski definition) is 1. The highest BCUT2D eigenvalue weighted by molar-refractivity contribution is 7.98. The van der Waals surface area contributed by atoms with Crippen LogP contribution < -0.4 is 5.32 Å². The third kappa shape index (κ3) is 7.06. The van der Waals surface area contributed by atoms with E-state index < -0.39 is 0 Å². The maximum atomic E-state index is 4.36. The minimum atomic E-state index is 0.989. The number of aromatic nitrogens is 1. The molecule has 0 unspecified atom stereocenters. The molecule has 17 heavy (non-hydrogen) atoms. The summed E-state index contributed by atoms with van der Waals surface area (Å²) in [6.07, 6.45) is 10.7. The van der Waals surface area contributed by atoms with Crippen molar-refractivity contribution in [2.75, 3.05) is 18.6 Å². The topological polar surface area (TPSA) is 24.9 Å². The zero-order chi connectivity index (χ0) is 12.3. The van der Waals surface area contributed by atoms with Crippen molar-refractivity contribution in [1.82, 2.24) is 10.3 Å². The molecule has 0 bridgehead atoms. The SMILES string of the molecule is CCc1ncc(CNCCCCCCSC)s1. The van der Waals surface area contributed by atoms with Gasteiger partial charge in [-0.1, -0.05) is 19.8 Å². The van der Waals surface area contributed by atoms with Gasteiger partial charge in [-0.15, -0.1) is 11.3 Å². The second kappa shape index (κ2) is 9.92. The van der Waals surface area contributed by atoms with E-state index in [1.807, 2.05) is 29.3 Å². The maximum absolute atomic E-state index is 4.36. The number of thioether (sulfide) groups is 1. The Morgan fingerprint density at radius 2 is 2.12 bits per heavy atom. The summed E-state index contributed by atoms with van der Waals surface area (Å²) in [6, 6.07) is 0. The Kier molecular flexibility index (Phi) is 8.75. The van der Waals surface area contributed by atoms with E-state index in [9.17, 15) is 0 Å². The highest BCUT2D eigenvalue weighted by atomic mass is 32.2.